The van der Waals surface area contributed by atoms with Crippen LogP contribution in [0.1, 0.15) is 16.8 Å². The van der Waals surface area contributed by atoms with E-state index in [4.69, 9.17) is 5.10 Å². The molecule has 0 aromatic carbocycles. The third kappa shape index (κ3) is 2.59. The standard InChI is InChI=1S/C18H19N5/c1-13-3-4-16(20-10-13)17-9-15-12-22(7-8-23(15)21-17)18-11-19-6-5-14(18)2/h3-6,9-11H,7-8,12H2,1-2H3. The van der Waals surface area contributed by atoms with Gasteiger partial charge in [0.25, 0.3) is 0 Å². The Balaban J connectivity index is 1.63. The third-order valence-corrected chi connectivity index (χ3v) is 4.32. The summed E-state index contributed by atoms with van der Waals surface area (Å²) in [4.78, 5) is 11.1. The summed E-state index contributed by atoms with van der Waals surface area (Å²) in [6, 6.07) is 8.32. The summed E-state index contributed by atoms with van der Waals surface area (Å²) in [5.41, 5.74) is 6.72. The lowest BCUT2D eigenvalue weighted by atomic mass is 10.2. The maximum Gasteiger partial charge on any atom is 0.111 e. The average Bonchev–Trinajstić information content (AvgIpc) is 2.99. The fourth-order valence-corrected chi connectivity index (χ4v) is 3.00. The van der Waals surface area contributed by atoms with Crippen LogP contribution in [0.25, 0.3) is 11.4 Å². The summed E-state index contributed by atoms with van der Waals surface area (Å²) in [5.74, 6) is 0. The molecule has 5 heteroatoms. The highest BCUT2D eigenvalue weighted by Crippen LogP contribution is 2.25. The first kappa shape index (κ1) is 13.9. The molecule has 3 aromatic heterocycles. The Hall–Kier alpha value is -2.69. The molecule has 0 unspecified atom stereocenters. The molecule has 0 saturated heterocycles. The first-order valence-corrected chi connectivity index (χ1v) is 7.86. The Morgan fingerprint density at radius 3 is 2.70 bits per heavy atom. The monoisotopic (exact) mass is 305 g/mol. The molecule has 0 radical (unpaired) electrons. The number of aryl methyl sites for hydroxylation is 2. The zero-order chi connectivity index (χ0) is 15.8. The van der Waals surface area contributed by atoms with Gasteiger partial charge in [-0.25, -0.2) is 0 Å². The molecule has 0 bridgehead atoms. The maximum atomic E-state index is 4.71. The minimum atomic E-state index is 0.853. The molecule has 4 rings (SSSR count). The highest BCUT2D eigenvalue weighted by Gasteiger charge is 2.20. The van der Waals surface area contributed by atoms with Crippen LogP contribution in [-0.2, 0) is 13.1 Å². The van der Waals surface area contributed by atoms with Gasteiger partial charge in [-0.15, -0.1) is 0 Å². The van der Waals surface area contributed by atoms with E-state index in [1.54, 1.807) is 0 Å². The van der Waals surface area contributed by atoms with Gasteiger partial charge in [0.2, 0.25) is 0 Å². The van der Waals surface area contributed by atoms with Crippen molar-refractivity contribution in [3.63, 3.8) is 0 Å². The zero-order valence-corrected chi connectivity index (χ0v) is 13.4. The Morgan fingerprint density at radius 1 is 1.00 bits per heavy atom. The highest BCUT2D eigenvalue weighted by molar-refractivity contribution is 5.56. The molecule has 0 N–H and O–H groups in total. The van der Waals surface area contributed by atoms with Gasteiger partial charge in [0, 0.05) is 18.9 Å². The van der Waals surface area contributed by atoms with Crippen LogP contribution in [0.15, 0.2) is 42.9 Å². The quantitative estimate of drug-likeness (QED) is 0.730. The molecule has 0 aliphatic carbocycles. The molecule has 0 atom stereocenters. The molecule has 0 fully saturated rings. The van der Waals surface area contributed by atoms with E-state index in [2.05, 4.69) is 44.7 Å². The van der Waals surface area contributed by atoms with Crippen LogP contribution >= 0.6 is 0 Å². The van der Waals surface area contributed by atoms with Crippen molar-refractivity contribution in [1.82, 2.24) is 19.7 Å². The molecule has 3 aromatic rings. The van der Waals surface area contributed by atoms with Crippen molar-refractivity contribution >= 4 is 5.69 Å². The van der Waals surface area contributed by atoms with Crippen molar-refractivity contribution in [2.75, 3.05) is 11.4 Å². The fraction of sp³-hybridized carbons (Fsp3) is 0.278. The Labute approximate surface area is 135 Å². The van der Waals surface area contributed by atoms with Gasteiger partial charge in [-0.1, -0.05) is 6.07 Å². The lowest BCUT2D eigenvalue weighted by molar-refractivity contribution is 0.520. The second kappa shape index (κ2) is 5.50. The summed E-state index contributed by atoms with van der Waals surface area (Å²) in [7, 11) is 0. The van der Waals surface area contributed by atoms with Crippen LogP contribution in [0.5, 0.6) is 0 Å². The van der Waals surface area contributed by atoms with Gasteiger partial charge < -0.3 is 4.90 Å². The lowest BCUT2D eigenvalue weighted by Gasteiger charge is -2.30. The van der Waals surface area contributed by atoms with Crippen molar-refractivity contribution < 1.29 is 0 Å². The van der Waals surface area contributed by atoms with Crippen molar-refractivity contribution in [3.8, 4) is 11.4 Å². The minimum absolute atomic E-state index is 0.853. The number of pyridine rings is 2. The Morgan fingerprint density at radius 2 is 1.91 bits per heavy atom. The summed E-state index contributed by atoms with van der Waals surface area (Å²) < 4.78 is 2.10. The van der Waals surface area contributed by atoms with Crippen LogP contribution in [0.2, 0.25) is 0 Å². The highest BCUT2D eigenvalue weighted by atomic mass is 15.3. The zero-order valence-electron chi connectivity index (χ0n) is 13.4. The van der Waals surface area contributed by atoms with Crippen molar-refractivity contribution in [2.24, 2.45) is 0 Å². The number of rotatable bonds is 2. The molecule has 0 amide bonds. The van der Waals surface area contributed by atoms with Crippen LogP contribution in [-0.4, -0.2) is 26.3 Å². The van der Waals surface area contributed by atoms with Crippen LogP contribution < -0.4 is 4.90 Å². The number of hydrogen-bond acceptors (Lipinski definition) is 4. The van der Waals surface area contributed by atoms with E-state index in [9.17, 15) is 0 Å². The van der Waals surface area contributed by atoms with Gasteiger partial charge in [-0.05, 0) is 43.2 Å². The fourth-order valence-electron chi connectivity index (χ4n) is 3.00. The molecular formula is C18H19N5. The van der Waals surface area contributed by atoms with Gasteiger partial charge in [-0.3, -0.25) is 14.6 Å². The van der Waals surface area contributed by atoms with Crippen LogP contribution in [0, 0.1) is 13.8 Å². The molecule has 116 valence electrons. The second-order valence-corrected chi connectivity index (χ2v) is 6.05. The van der Waals surface area contributed by atoms with Gasteiger partial charge in [-0.2, -0.15) is 5.10 Å². The number of fused-ring (bicyclic) bond motifs is 1. The molecule has 23 heavy (non-hydrogen) atoms. The summed E-state index contributed by atoms with van der Waals surface area (Å²) in [6.45, 7) is 6.86. The van der Waals surface area contributed by atoms with E-state index >= 15 is 0 Å². The summed E-state index contributed by atoms with van der Waals surface area (Å²) in [6.07, 6.45) is 5.68. The predicted octanol–water partition coefficient (Wildman–Crippen LogP) is 2.98. The van der Waals surface area contributed by atoms with Gasteiger partial charge in [0.15, 0.2) is 0 Å². The van der Waals surface area contributed by atoms with Gasteiger partial charge >= 0.3 is 0 Å². The number of anilines is 1. The number of nitrogens with zero attached hydrogens (tertiary/aromatic N) is 5. The molecule has 1 aliphatic heterocycles. The van der Waals surface area contributed by atoms with Crippen LogP contribution in [0.3, 0.4) is 0 Å². The second-order valence-electron chi connectivity index (χ2n) is 6.05. The van der Waals surface area contributed by atoms with E-state index in [0.717, 1.165) is 36.6 Å². The molecule has 5 nitrogen and oxygen atoms in total. The van der Waals surface area contributed by atoms with Crippen molar-refractivity contribution in [2.45, 2.75) is 26.9 Å². The minimum Gasteiger partial charge on any atom is -0.362 e. The van der Waals surface area contributed by atoms with E-state index in [1.165, 1.54) is 16.9 Å². The molecule has 1 aliphatic rings. The molecule has 4 heterocycles. The number of hydrogen-bond donors (Lipinski definition) is 0. The maximum absolute atomic E-state index is 4.71. The lowest BCUT2D eigenvalue weighted by Crippen LogP contribution is -2.34. The van der Waals surface area contributed by atoms with E-state index in [1.807, 2.05) is 31.6 Å². The van der Waals surface area contributed by atoms with E-state index in [-0.39, 0.29) is 0 Å². The Bertz CT molecular complexity index is 835. The first-order chi connectivity index (χ1) is 11.2. The predicted molar refractivity (Wildman–Crippen MR) is 90.2 cm³/mol. The number of aromatic nitrogens is 4. The smallest absolute Gasteiger partial charge is 0.111 e. The van der Waals surface area contributed by atoms with E-state index < -0.39 is 0 Å². The van der Waals surface area contributed by atoms with Crippen molar-refractivity contribution in [1.29, 1.82) is 0 Å². The summed E-state index contributed by atoms with van der Waals surface area (Å²) in [5, 5.41) is 4.71. The molecule has 0 saturated carbocycles. The Kier molecular flexibility index (Phi) is 3.33. The SMILES string of the molecule is Cc1ccc(-c2cc3n(n2)CCN(c2cnccc2C)C3)nc1. The van der Waals surface area contributed by atoms with Gasteiger partial charge in [0.05, 0.1) is 36.4 Å². The first-order valence-electron chi connectivity index (χ1n) is 7.86. The average molecular weight is 305 g/mol. The topological polar surface area (TPSA) is 46.8 Å². The van der Waals surface area contributed by atoms with Crippen LogP contribution in [0.4, 0.5) is 5.69 Å². The van der Waals surface area contributed by atoms with Gasteiger partial charge in [0.1, 0.15) is 5.69 Å². The largest absolute Gasteiger partial charge is 0.362 e. The summed E-state index contributed by atoms with van der Waals surface area (Å²) >= 11 is 0. The van der Waals surface area contributed by atoms with Crippen molar-refractivity contribution in [3.05, 3.63) is 59.7 Å². The molecular weight excluding hydrogens is 286 g/mol. The van der Waals surface area contributed by atoms with E-state index in [0.29, 0.717) is 0 Å². The normalized spacial score (nSPS) is 13.9. The molecule has 0 spiro atoms. The third-order valence-electron chi connectivity index (χ3n) is 4.32.